The fraction of sp³-hybridized carbons (Fsp3) is 0.538. The van der Waals surface area contributed by atoms with Crippen LogP contribution < -0.4 is 5.73 Å². The third-order valence-corrected chi connectivity index (χ3v) is 2.35. The van der Waals surface area contributed by atoms with Crippen LogP contribution in [0.4, 0.5) is 5.69 Å². The van der Waals surface area contributed by atoms with Gasteiger partial charge in [0.2, 0.25) is 0 Å². The molecule has 2 heteroatoms. The summed E-state index contributed by atoms with van der Waals surface area (Å²) in [5.41, 5.74) is 7.64. The molecule has 0 saturated carbocycles. The second-order valence-corrected chi connectivity index (χ2v) is 3.91. The molecule has 0 aliphatic heterocycles. The average molecular weight is 205 g/mol. The van der Waals surface area contributed by atoms with Crippen LogP contribution >= 0.6 is 0 Å². The minimum atomic E-state index is 0.737. The van der Waals surface area contributed by atoms with Crippen molar-refractivity contribution in [3.05, 3.63) is 29.8 Å². The van der Waals surface area contributed by atoms with Gasteiger partial charge in [0.05, 0.1) is 0 Å². The van der Waals surface area contributed by atoms with Crippen LogP contribution in [0.1, 0.15) is 32.3 Å². The average Bonchev–Trinajstić information content (AvgIpc) is 2.18. The van der Waals surface area contributed by atoms with Gasteiger partial charge in [-0.2, -0.15) is 0 Å². The van der Waals surface area contributed by atoms with Gasteiger partial charge < -0.3 is 5.73 Å². The van der Waals surface area contributed by atoms with E-state index in [0.717, 1.165) is 25.3 Å². The Hall–Kier alpha value is -1.02. The lowest BCUT2D eigenvalue weighted by molar-refractivity contribution is 0.266. The molecule has 1 radical (unpaired) electrons. The first kappa shape index (κ1) is 12.1. The Kier molecular flexibility index (Phi) is 5.19. The van der Waals surface area contributed by atoms with Crippen molar-refractivity contribution in [2.45, 2.75) is 33.2 Å². The highest BCUT2D eigenvalue weighted by Crippen LogP contribution is 2.09. The summed E-state index contributed by atoms with van der Waals surface area (Å²) in [5.74, 6) is 0. The Morgan fingerprint density at radius 1 is 1.20 bits per heavy atom. The van der Waals surface area contributed by atoms with Gasteiger partial charge in [0.25, 0.3) is 0 Å². The molecule has 0 saturated heterocycles. The summed E-state index contributed by atoms with van der Waals surface area (Å²) in [7, 11) is 0. The molecule has 0 bridgehead atoms. The summed E-state index contributed by atoms with van der Waals surface area (Å²) >= 11 is 0. The molecule has 0 spiro atoms. The second-order valence-electron chi connectivity index (χ2n) is 3.91. The quantitative estimate of drug-likeness (QED) is 0.723. The van der Waals surface area contributed by atoms with E-state index in [1.807, 2.05) is 12.1 Å². The number of nitrogen functional groups attached to an aromatic ring is 1. The third kappa shape index (κ3) is 4.34. The number of anilines is 1. The highest BCUT2D eigenvalue weighted by molar-refractivity contribution is 5.38. The molecule has 0 aliphatic carbocycles. The van der Waals surface area contributed by atoms with E-state index in [9.17, 15) is 0 Å². The first-order valence-corrected chi connectivity index (χ1v) is 5.75. The van der Waals surface area contributed by atoms with E-state index in [0.29, 0.717) is 0 Å². The van der Waals surface area contributed by atoms with Gasteiger partial charge in [-0.05, 0) is 37.6 Å². The molecular weight excluding hydrogens is 184 g/mol. The number of benzene rings is 1. The lowest BCUT2D eigenvalue weighted by Gasteiger charge is -2.20. The summed E-state index contributed by atoms with van der Waals surface area (Å²) in [4.78, 5) is 2.45. The number of hydrogen-bond acceptors (Lipinski definition) is 2. The number of nitrogens with zero attached hydrogens (tertiary/aromatic N) is 1. The summed E-state index contributed by atoms with van der Waals surface area (Å²) in [6.07, 6.45) is 2.39. The topological polar surface area (TPSA) is 29.3 Å². The van der Waals surface area contributed by atoms with Crippen molar-refractivity contribution in [1.82, 2.24) is 4.90 Å². The highest BCUT2D eigenvalue weighted by atomic mass is 15.1. The van der Waals surface area contributed by atoms with Crippen LogP contribution in [0.2, 0.25) is 0 Å². The van der Waals surface area contributed by atoms with Gasteiger partial charge >= 0.3 is 0 Å². The fourth-order valence-corrected chi connectivity index (χ4v) is 1.77. The highest BCUT2D eigenvalue weighted by Gasteiger charge is 2.03. The zero-order valence-corrected chi connectivity index (χ0v) is 9.79. The largest absolute Gasteiger partial charge is 0.398 e. The fourth-order valence-electron chi connectivity index (χ4n) is 1.77. The predicted molar refractivity (Wildman–Crippen MR) is 65.5 cm³/mol. The van der Waals surface area contributed by atoms with Crippen LogP contribution in [0, 0.1) is 6.07 Å². The summed E-state index contributed by atoms with van der Waals surface area (Å²) in [6.45, 7) is 7.69. The molecule has 2 nitrogen and oxygen atoms in total. The van der Waals surface area contributed by atoms with E-state index in [4.69, 9.17) is 5.73 Å². The standard InChI is InChI=1S/C13H21N2/c1-3-8-15(9-4-2)11-12-6-5-7-13(14)10-12/h5-7H,3-4,8-9,11,14H2,1-2H3. The molecule has 1 aromatic carbocycles. The maximum atomic E-state index is 5.71. The first-order valence-electron chi connectivity index (χ1n) is 5.75. The molecule has 0 fully saturated rings. The minimum absolute atomic E-state index is 0.737. The number of nitrogens with two attached hydrogens (primary N) is 1. The van der Waals surface area contributed by atoms with Gasteiger partial charge in [0.1, 0.15) is 0 Å². The smallest absolute Gasteiger partial charge is 0.0397 e. The molecule has 0 unspecified atom stereocenters. The Morgan fingerprint density at radius 2 is 1.87 bits per heavy atom. The van der Waals surface area contributed by atoms with Crippen LogP contribution in [0.15, 0.2) is 18.2 Å². The van der Waals surface area contributed by atoms with Crippen molar-refractivity contribution < 1.29 is 0 Å². The van der Waals surface area contributed by atoms with Gasteiger partial charge in [0.15, 0.2) is 0 Å². The molecule has 0 aliphatic rings. The van der Waals surface area contributed by atoms with Crippen molar-refractivity contribution in [1.29, 1.82) is 0 Å². The van der Waals surface area contributed by atoms with E-state index in [1.54, 1.807) is 0 Å². The monoisotopic (exact) mass is 205 g/mol. The summed E-state index contributed by atoms with van der Waals surface area (Å²) < 4.78 is 0. The maximum absolute atomic E-state index is 5.71. The molecule has 0 atom stereocenters. The molecule has 83 valence electrons. The van der Waals surface area contributed by atoms with E-state index in [-0.39, 0.29) is 0 Å². The summed E-state index contributed by atoms with van der Waals surface area (Å²) in [6, 6.07) is 9.16. The molecule has 2 N–H and O–H groups in total. The normalized spacial score (nSPS) is 10.9. The maximum Gasteiger partial charge on any atom is 0.0397 e. The van der Waals surface area contributed by atoms with Crippen LogP contribution in [0.3, 0.4) is 0 Å². The summed E-state index contributed by atoms with van der Waals surface area (Å²) in [5, 5.41) is 0. The van der Waals surface area contributed by atoms with Crippen molar-refractivity contribution >= 4 is 5.69 Å². The Labute approximate surface area is 93.1 Å². The zero-order chi connectivity index (χ0) is 11.1. The Balaban J connectivity index is 2.56. The molecular formula is C13H21N2. The molecule has 0 aromatic heterocycles. The lowest BCUT2D eigenvalue weighted by atomic mass is 10.2. The molecule has 1 rings (SSSR count). The number of rotatable bonds is 6. The van der Waals surface area contributed by atoms with Gasteiger partial charge in [-0.3, -0.25) is 4.90 Å². The van der Waals surface area contributed by atoms with Crippen LogP contribution in [-0.2, 0) is 6.54 Å². The first-order chi connectivity index (χ1) is 7.26. The van der Waals surface area contributed by atoms with Gasteiger partial charge in [0, 0.05) is 18.3 Å². The minimum Gasteiger partial charge on any atom is -0.398 e. The third-order valence-electron chi connectivity index (χ3n) is 2.35. The predicted octanol–water partition coefficient (Wildman–Crippen LogP) is 2.69. The SMILES string of the molecule is CCCN(CCC)Cc1[c]c(N)ccc1. The van der Waals surface area contributed by atoms with Crippen LogP contribution in [0.25, 0.3) is 0 Å². The van der Waals surface area contributed by atoms with Crippen molar-refractivity contribution in [2.75, 3.05) is 18.8 Å². The van der Waals surface area contributed by atoms with Gasteiger partial charge in [-0.1, -0.05) is 26.0 Å². The van der Waals surface area contributed by atoms with Gasteiger partial charge in [-0.15, -0.1) is 0 Å². The van der Waals surface area contributed by atoms with Crippen molar-refractivity contribution in [3.8, 4) is 0 Å². The van der Waals surface area contributed by atoms with E-state index < -0.39 is 0 Å². The lowest BCUT2D eigenvalue weighted by Crippen LogP contribution is -2.24. The van der Waals surface area contributed by atoms with Crippen LogP contribution in [0.5, 0.6) is 0 Å². The molecule has 1 aromatic rings. The Bertz CT molecular complexity index is 278. The molecule has 0 heterocycles. The zero-order valence-electron chi connectivity index (χ0n) is 9.79. The molecule has 15 heavy (non-hydrogen) atoms. The molecule has 0 amide bonds. The van der Waals surface area contributed by atoms with E-state index >= 15 is 0 Å². The van der Waals surface area contributed by atoms with Crippen molar-refractivity contribution in [2.24, 2.45) is 0 Å². The van der Waals surface area contributed by atoms with E-state index in [1.165, 1.54) is 18.4 Å². The van der Waals surface area contributed by atoms with Crippen molar-refractivity contribution in [3.63, 3.8) is 0 Å². The van der Waals surface area contributed by atoms with E-state index in [2.05, 4.69) is 30.9 Å². The van der Waals surface area contributed by atoms with Crippen LogP contribution in [-0.4, -0.2) is 18.0 Å². The Morgan fingerprint density at radius 3 is 2.40 bits per heavy atom. The number of hydrogen-bond donors (Lipinski definition) is 1. The second kappa shape index (κ2) is 6.46. The van der Waals surface area contributed by atoms with Gasteiger partial charge in [-0.25, -0.2) is 0 Å².